The number of thioether (sulfide) groups is 1. The molecule has 0 spiro atoms. The number of hydrogen-bond donors (Lipinski definition) is 1. The van der Waals surface area contributed by atoms with Crippen molar-refractivity contribution in [2.45, 2.75) is 65.3 Å². The Kier molecular flexibility index (Phi) is 4.99. The summed E-state index contributed by atoms with van der Waals surface area (Å²) in [5, 5.41) is 4.72. The molecule has 1 aliphatic heterocycles. The zero-order chi connectivity index (χ0) is 13.0. The summed E-state index contributed by atoms with van der Waals surface area (Å²) in [6, 6.07) is 0.606. The van der Waals surface area contributed by atoms with E-state index in [1.807, 2.05) is 11.8 Å². The SMILES string of the molecule is CC(C)CC1(CN=C2NC(C)CCS2)CCCC1. The molecule has 0 bridgehead atoms. The lowest BCUT2D eigenvalue weighted by atomic mass is 9.79. The van der Waals surface area contributed by atoms with Crippen molar-refractivity contribution in [3.05, 3.63) is 0 Å². The van der Waals surface area contributed by atoms with E-state index in [1.165, 1.54) is 49.4 Å². The first-order chi connectivity index (χ1) is 8.60. The summed E-state index contributed by atoms with van der Waals surface area (Å²) in [4.78, 5) is 4.91. The van der Waals surface area contributed by atoms with Crippen LogP contribution in [0.25, 0.3) is 0 Å². The van der Waals surface area contributed by atoms with Gasteiger partial charge in [0, 0.05) is 18.3 Å². The first-order valence-electron chi connectivity index (χ1n) is 7.53. The van der Waals surface area contributed by atoms with Crippen molar-refractivity contribution in [2.75, 3.05) is 12.3 Å². The van der Waals surface area contributed by atoms with Crippen LogP contribution in [-0.4, -0.2) is 23.5 Å². The molecule has 2 fully saturated rings. The van der Waals surface area contributed by atoms with E-state index in [0.717, 1.165) is 12.5 Å². The van der Waals surface area contributed by atoms with Gasteiger partial charge < -0.3 is 5.32 Å². The highest BCUT2D eigenvalue weighted by Gasteiger charge is 2.34. The van der Waals surface area contributed by atoms with Crippen LogP contribution in [0.5, 0.6) is 0 Å². The Labute approximate surface area is 116 Å². The number of hydrogen-bond acceptors (Lipinski definition) is 2. The van der Waals surface area contributed by atoms with Crippen LogP contribution >= 0.6 is 11.8 Å². The van der Waals surface area contributed by atoms with Crippen LogP contribution in [0.3, 0.4) is 0 Å². The van der Waals surface area contributed by atoms with E-state index in [4.69, 9.17) is 4.99 Å². The Morgan fingerprint density at radius 2 is 2.11 bits per heavy atom. The zero-order valence-electron chi connectivity index (χ0n) is 12.2. The standard InChI is InChI=1S/C15H28N2S/c1-12(2)10-15(7-4-5-8-15)11-16-14-17-13(3)6-9-18-14/h12-13H,4-11H2,1-3H3,(H,16,17). The third-order valence-electron chi connectivity index (χ3n) is 4.22. The van der Waals surface area contributed by atoms with Gasteiger partial charge in [0.05, 0.1) is 0 Å². The molecule has 18 heavy (non-hydrogen) atoms. The van der Waals surface area contributed by atoms with Gasteiger partial charge in [0.25, 0.3) is 0 Å². The van der Waals surface area contributed by atoms with E-state index in [1.54, 1.807) is 0 Å². The fourth-order valence-corrected chi connectivity index (χ4v) is 4.51. The van der Waals surface area contributed by atoms with Gasteiger partial charge in [-0.1, -0.05) is 38.5 Å². The minimum absolute atomic E-state index is 0.518. The van der Waals surface area contributed by atoms with Crippen LogP contribution < -0.4 is 5.32 Å². The summed E-state index contributed by atoms with van der Waals surface area (Å²) < 4.78 is 0. The molecule has 0 radical (unpaired) electrons. The first kappa shape index (κ1) is 14.2. The summed E-state index contributed by atoms with van der Waals surface area (Å²) in [6.45, 7) is 8.01. The van der Waals surface area contributed by atoms with E-state index < -0.39 is 0 Å². The summed E-state index contributed by atoms with van der Waals surface area (Å²) in [7, 11) is 0. The maximum absolute atomic E-state index is 4.91. The molecule has 1 saturated heterocycles. The molecule has 2 nitrogen and oxygen atoms in total. The molecular weight excluding hydrogens is 240 g/mol. The fraction of sp³-hybridized carbons (Fsp3) is 0.933. The van der Waals surface area contributed by atoms with E-state index in [0.29, 0.717) is 11.5 Å². The van der Waals surface area contributed by atoms with Crippen molar-refractivity contribution >= 4 is 16.9 Å². The number of nitrogens with one attached hydrogen (secondary N) is 1. The van der Waals surface area contributed by atoms with Gasteiger partial charge in [0.1, 0.15) is 0 Å². The topological polar surface area (TPSA) is 24.4 Å². The van der Waals surface area contributed by atoms with Crippen molar-refractivity contribution in [3.8, 4) is 0 Å². The average molecular weight is 268 g/mol. The molecule has 1 unspecified atom stereocenters. The molecule has 3 heteroatoms. The second-order valence-electron chi connectivity index (χ2n) is 6.61. The van der Waals surface area contributed by atoms with Crippen LogP contribution in [0.1, 0.15) is 59.3 Å². The quantitative estimate of drug-likeness (QED) is 0.831. The number of rotatable bonds is 4. The minimum atomic E-state index is 0.518. The van der Waals surface area contributed by atoms with Gasteiger partial charge >= 0.3 is 0 Å². The summed E-state index contributed by atoms with van der Waals surface area (Å²) in [5.74, 6) is 2.03. The predicted molar refractivity (Wildman–Crippen MR) is 82.3 cm³/mol. The lowest BCUT2D eigenvalue weighted by Crippen LogP contribution is -2.36. The minimum Gasteiger partial charge on any atom is -0.362 e. The van der Waals surface area contributed by atoms with Crippen LogP contribution in [-0.2, 0) is 0 Å². The predicted octanol–water partition coefficient (Wildman–Crippen LogP) is 4.06. The van der Waals surface area contributed by atoms with Crippen LogP contribution in [0, 0.1) is 11.3 Å². The average Bonchev–Trinajstić information content (AvgIpc) is 2.75. The molecular formula is C15H28N2S. The molecule has 1 saturated carbocycles. The van der Waals surface area contributed by atoms with E-state index >= 15 is 0 Å². The molecule has 0 amide bonds. The normalized spacial score (nSPS) is 29.8. The van der Waals surface area contributed by atoms with Crippen molar-refractivity contribution < 1.29 is 0 Å². The third kappa shape index (κ3) is 3.91. The highest BCUT2D eigenvalue weighted by molar-refractivity contribution is 8.13. The molecule has 2 rings (SSSR count). The Bertz CT molecular complexity index is 293. The third-order valence-corrected chi connectivity index (χ3v) is 5.18. The van der Waals surface area contributed by atoms with Crippen LogP contribution in [0.2, 0.25) is 0 Å². The number of nitrogens with zero attached hydrogens (tertiary/aromatic N) is 1. The lowest BCUT2D eigenvalue weighted by Gasteiger charge is -2.30. The molecule has 0 aromatic carbocycles. The van der Waals surface area contributed by atoms with Gasteiger partial charge in [0.15, 0.2) is 5.17 Å². The second kappa shape index (κ2) is 6.31. The van der Waals surface area contributed by atoms with E-state index in [2.05, 4.69) is 26.1 Å². The monoisotopic (exact) mass is 268 g/mol. The molecule has 1 atom stereocenters. The van der Waals surface area contributed by atoms with Gasteiger partial charge in [-0.2, -0.15) is 0 Å². The summed E-state index contributed by atoms with van der Waals surface area (Å²) in [6.07, 6.45) is 8.22. The number of aliphatic imine (C=N–C) groups is 1. The van der Waals surface area contributed by atoms with Crippen LogP contribution in [0.15, 0.2) is 4.99 Å². The largest absolute Gasteiger partial charge is 0.362 e. The Hall–Kier alpha value is -0.180. The van der Waals surface area contributed by atoms with Gasteiger partial charge in [-0.15, -0.1) is 0 Å². The Morgan fingerprint density at radius 1 is 1.39 bits per heavy atom. The number of amidine groups is 1. The van der Waals surface area contributed by atoms with E-state index in [9.17, 15) is 0 Å². The first-order valence-corrected chi connectivity index (χ1v) is 8.52. The maximum Gasteiger partial charge on any atom is 0.156 e. The van der Waals surface area contributed by atoms with Crippen molar-refractivity contribution in [2.24, 2.45) is 16.3 Å². The zero-order valence-corrected chi connectivity index (χ0v) is 13.0. The molecule has 104 valence electrons. The Morgan fingerprint density at radius 3 is 2.72 bits per heavy atom. The molecule has 0 aromatic rings. The summed E-state index contributed by atoms with van der Waals surface area (Å²) >= 11 is 1.91. The smallest absolute Gasteiger partial charge is 0.156 e. The highest BCUT2D eigenvalue weighted by atomic mass is 32.2. The van der Waals surface area contributed by atoms with E-state index in [-0.39, 0.29) is 0 Å². The van der Waals surface area contributed by atoms with Gasteiger partial charge in [-0.3, -0.25) is 4.99 Å². The summed E-state index contributed by atoms with van der Waals surface area (Å²) in [5.41, 5.74) is 0.518. The van der Waals surface area contributed by atoms with Gasteiger partial charge in [-0.05, 0) is 43.9 Å². The van der Waals surface area contributed by atoms with Gasteiger partial charge in [-0.25, -0.2) is 0 Å². The molecule has 1 N–H and O–H groups in total. The van der Waals surface area contributed by atoms with Crippen molar-refractivity contribution in [1.82, 2.24) is 5.32 Å². The fourth-order valence-electron chi connectivity index (χ4n) is 3.41. The second-order valence-corrected chi connectivity index (χ2v) is 7.69. The van der Waals surface area contributed by atoms with Crippen molar-refractivity contribution in [3.63, 3.8) is 0 Å². The van der Waals surface area contributed by atoms with Crippen LogP contribution in [0.4, 0.5) is 0 Å². The molecule has 2 aliphatic rings. The van der Waals surface area contributed by atoms with Crippen molar-refractivity contribution in [1.29, 1.82) is 0 Å². The maximum atomic E-state index is 4.91. The molecule has 1 heterocycles. The molecule has 1 aliphatic carbocycles. The van der Waals surface area contributed by atoms with Gasteiger partial charge in [0.2, 0.25) is 0 Å². The lowest BCUT2D eigenvalue weighted by molar-refractivity contribution is 0.245. The molecule has 0 aromatic heterocycles. The highest BCUT2D eigenvalue weighted by Crippen LogP contribution is 2.43. The Balaban J connectivity index is 1.94.